The highest BCUT2D eigenvalue weighted by Crippen LogP contribution is 2.23. The Hall–Kier alpha value is -1.93. The van der Waals surface area contributed by atoms with Crippen molar-refractivity contribution in [3.63, 3.8) is 0 Å². The molecule has 1 saturated carbocycles. The lowest BCUT2D eigenvalue weighted by Crippen LogP contribution is -2.46. The summed E-state index contributed by atoms with van der Waals surface area (Å²) in [5.74, 6) is 1.48. The third kappa shape index (κ3) is 8.44. The van der Waals surface area contributed by atoms with E-state index in [1.54, 1.807) is 0 Å². The minimum atomic E-state index is -0.736. The summed E-state index contributed by atoms with van der Waals surface area (Å²) in [5, 5.41) is 10.1. The average Bonchev–Trinajstić information content (AvgIpc) is 2.71. The molecule has 0 spiro atoms. The molecule has 0 radical (unpaired) electrons. The van der Waals surface area contributed by atoms with Crippen LogP contribution in [0, 0.1) is 0 Å². The minimum Gasteiger partial charge on any atom is -0.357 e. The Bertz CT molecular complexity index is 738. The standard InChI is InChI=1S/C22H37N5O2S/c1-5-23-22(26-19-11-8-12-20(14-19)30(29)6-2)24-15-17-9-7-10-18(13-17)25-21(28)16-27(3)4/h7,9-10,13,19-20H,5-6,8,11-12,14-16H2,1-4H3,(H,25,28)(H2,23,24,26). The zero-order chi connectivity index (χ0) is 21.9. The van der Waals surface area contributed by atoms with Crippen LogP contribution in [0.25, 0.3) is 0 Å². The van der Waals surface area contributed by atoms with Gasteiger partial charge in [-0.3, -0.25) is 9.00 Å². The summed E-state index contributed by atoms with van der Waals surface area (Å²) < 4.78 is 12.2. The van der Waals surface area contributed by atoms with Gasteiger partial charge in [-0.2, -0.15) is 0 Å². The number of hydrogen-bond acceptors (Lipinski definition) is 4. The number of carbonyl (C=O) groups is 1. The van der Waals surface area contributed by atoms with Gasteiger partial charge in [0.05, 0.1) is 13.1 Å². The second-order valence-electron chi connectivity index (χ2n) is 7.98. The molecule has 1 aromatic carbocycles. The Balaban J connectivity index is 1.98. The number of nitrogens with zero attached hydrogens (tertiary/aromatic N) is 2. The van der Waals surface area contributed by atoms with E-state index >= 15 is 0 Å². The van der Waals surface area contributed by atoms with Gasteiger partial charge in [0.2, 0.25) is 5.91 Å². The molecule has 1 aliphatic rings. The highest BCUT2D eigenvalue weighted by molar-refractivity contribution is 7.85. The lowest BCUT2D eigenvalue weighted by Gasteiger charge is -2.30. The molecule has 168 valence electrons. The molecular weight excluding hydrogens is 398 g/mol. The molecule has 0 saturated heterocycles. The van der Waals surface area contributed by atoms with Crippen LogP contribution >= 0.6 is 0 Å². The van der Waals surface area contributed by atoms with Crippen molar-refractivity contribution in [3.8, 4) is 0 Å². The van der Waals surface area contributed by atoms with Gasteiger partial charge in [-0.15, -0.1) is 0 Å². The van der Waals surface area contributed by atoms with Crippen molar-refractivity contribution >= 4 is 28.4 Å². The first-order valence-electron chi connectivity index (χ1n) is 10.9. The highest BCUT2D eigenvalue weighted by Gasteiger charge is 2.26. The molecule has 1 amide bonds. The maximum absolute atomic E-state index is 12.2. The molecule has 1 fully saturated rings. The lowest BCUT2D eigenvalue weighted by atomic mass is 9.95. The first-order chi connectivity index (χ1) is 14.4. The number of aliphatic imine (C=N–C) groups is 1. The second-order valence-corrected chi connectivity index (χ2v) is 9.99. The van der Waals surface area contributed by atoms with Gasteiger partial charge in [-0.05, 0) is 58.0 Å². The van der Waals surface area contributed by atoms with Crippen molar-refractivity contribution in [1.29, 1.82) is 0 Å². The SMILES string of the molecule is CCNC(=NCc1cccc(NC(=O)CN(C)C)c1)NC1CCCC(S(=O)CC)C1. The molecule has 30 heavy (non-hydrogen) atoms. The molecule has 0 aliphatic heterocycles. The van der Waals surface area contributed by atoms with E-state index in [-0.39, 0.29) is 11.2 Å². The number of amides is 1. The van der Waals surface area contributed by atoms with Crippen LogP contribution in [0.4, 0.5) is 5.69 Å². The summed E-state index contributed by atoms with van der Waals surface area (Å²) in [6.07, 6.45) is 4.16. The van der Waals surface area contributed by atoms with Gasteiger partial charge in [-0.1, -0.05) is 25.5 Å². The van der Waals surface area contributed by atoms with Gasteiger partial charge in [0.15, 0.2) is 5.96 Å². The van der Waals surface area contributed by atoms with Gasteiger partial charge < -0.3 is 20.9 Å². The van der Waals surface area contributed by atoms with Gasteiger partial charge in [0.1, 0.15) is 0 Å². The van der Waals surface area contributed by atoms with Crippen molar-refractivity contribution in [2.45, 2.75) is 57.4 Å². The van der Waals surface area contributed by atoms with Crippen molar-refractivity contribution in [1.82, 2.24) is 15.5 Å². The Morgan fingerprint density at radius 2 is 2.07 bits per heavy atom. The smallest absolute Gasteiger partial charge is 0.238 e. The van der Waals surface area contributed by atoms with Crippen LogP contribution in [-0.4, -0.2) is 65.2 Å². The quantitative estimate of drug-likeness (QED) is 0.409. The normalized spacial score (nSPS) is 20.6. The molecule has 0 bridgehead atoms. The Kier molecular flexibility index (Phi) is 10.3. The number of likely N-dealkylation sites (N-methyl/N-ethyl adjacent to an activating group) is 1. The van der Waals surface area contributed by atoms with E-state index < -0.39 is 10.8 Å². The number of carbonyl (C=O) groups excluding carboxylic acids is 1. The second kappa shape index (κ2) is 12.7. The number of benzene rings is 1. The monoisotopic (exact) mass is 435 g/mol. The van der Waals surface area contributed by atoms with Crippen LogP contribution in [0.2, 0.25) is 0 Å². The van der Waals surface area contributed by atoms with E-state index in [2.05, 4.69) is 16.0 Å². The van der Waals surface area contributed by atoms with Crippen LogP contribution in [0.5, 0.6) is 0 Å². The molecule has 0 aromatic heterocycles. The maximum atomic E-state index is 12.2. The van der Waals surface area contributed by atoms with Gasteiger partial charge in [0, 0.05) is 40.1 Å². The summed E-state index contributed by atoms with van der Waals surface area (Å²) >= 11 is 0. The Labute approximate surface area is 183 Å². The molecule has 1 aliphatic carbocycles. The fraction of sp³-hybridized carbons (Fsp3) is 0.636. The fourth-order valence-corrected chi connectivity index (χ4v) is 5.02. The van der Waals surface area contributed by atoms with E-state index in [9.17, 15) is 9.00 Å². The molecule has 8 heteroatoms. The first-order valence-corrected chi connectivity index (χ1v) is 12.2. The number of anilines is 1. The summed E-state index contributed by atoms with van der Waals surface area (Å²) in [4.78, 5) is 18.6. The van der Waals surface area contributed by atoms with Crippen molar-refractivity contribution in [3.05, 3.63) is 29.8 Å². The minimum absolute atomic E-state index is 0.0352. The molecule has 3 unspecified atom stereocenters. The molecule has 7 nitrogen and oxygen atoms in total. The molecule has 1 aromatic rings. The van der Waals surface area contributed by atoms with E-state index in [0.29, 0.717) is 19.1 Å². The highest BCUT2D eigenvalue weighted by atomic mass is 32.2. The molecule has 2 rings (SSSR count). The molecule has 0 heterocycles. The fourth-order valence-electron chi connectivity index (χ4n) is 3.67. The van der Waals surface area contributed by atoms with Gasteiger partial charge in [-0.25, -0.2) is 4.99 Å². The largest absolute Gasteiger partial charge is 0.357 e. The first kappa shape index (κ1) is 24.3. The van der Waals surface area contributed by atoms with E-state index in [1.165, 1.54) is 0 Å². The summed E-state index contributed by atoms with van der Waals surface area (Å²) in [6, 6.07) is 8.09. The summed E-state index contributed by atoms with van der Waals surface area (Å²) in [6.45, 7) is 5.69. The topological polar surface area (TPSA) is 85.8 Å². The summed E-state index contributed by atoms with van der Waals surface area (Å²) in [7, 11) is 3.00. The predicted molar refractivity (Wildman–Crippen MR) is 126 cm³/mol. The third-order valence-electron chi connectivity index (χ3n) is 5.06. The van der Waals surface area contributed by atoms with Crippen LogP contribution in [-0.2, 0) is 22.1 Å². The average molecular weight is 436 g/mol. The van der Waals surface area contributed by atoms with Crippen LogP contribution in [0.15, 0.2) is 29.3 Å². The maximum Gasteiger partial charge on any atom is 0.238 e. The van der Waals surface area contributed by atoms with Crippen LogP contribution in [0.1, 0.15) is 45.1 Å². The Morgan fingerprint density at radius 1 is 1.27 bits per heavy atom. The van der Waals surface area contributed by atoms with Crippen molar-refractivity contribution in [2.24, 2.45) is 4.99 Å². The number of nitrogens with one attached hydrogen (secondary N) is 3. The summed E-state index contributed by atoms with van der Waals surface area (Å²) in [5.41, 5.74) is 1.81. The van der Waals surface area contributed by atoms with Gasteiger partial charge >= 0.3 is 0 Å². The molecular formula is C22H37N5O2S. The zero-order valence-corrected chi connectivity index (χ0v) is 19.6. The van der Waals surface area contributed by atoms with Crippen molar-refractivity contribution < 1.29 is 9.00 Å². The Morgan fingerprint density at radius 3 is 2.77 bits per heavy atom. The van der Waals surface area contributed by atoms with E-state index in [4.69, 9.17) is 4.99 Å². The van der Waals surface area contributed by atoms with E-state index in [0.717, 1.165) is 55.2 Å². The van der Waals surface area contributed by atoms with Crippen LogP contribution in [0.3, 0.4) is 0 Å². The number of rotatable bonds is 9. The number of guanidine groups is 1. The van der Waals surface area contributed by atoms with Crippen molar-refractivity contribution in [2.75, 3.05) is 38.3 Å². The van der Waals surface area contributed by atoms with Crippen LogP contribution < -0.4 is 16.0 Å². The van der Waals surface area contributed by atoms with E-state index in [1.807, 2.05) is 57.1 Å². The predicted octanol–water partition coefficient (Wildman–Crippen LogP) is 2.32. The third-order valence-corrected chi connectivity index (χ3v) is 6.80. The zero-order valence-electron chi connectivity index (χ0n) is 18.7. The molecule has 3 atom stereocenters. The number of hydrogen-bond donors (Lipinski definition) is 3. The molecule has 3 N–H and O–H groups in total. The van der Waals surface area contributed by atoms with Gasteiger partial charge in [0.25, 0.3) is 0 Å². The lowest BCUT2D eigenvalue weighted by molar-refractivity contribution is -0.116.